The van der Waals surface area contributed by atoms with Crippen molar-refractivity contribution in [3.8, 4) is 12.3 Å². The van der Waals surface area contributed by atoms with Crippen LogP contribution in [0.3, 0.4) is 0 Å². The molecular weight excluding hydrogens is 186 g/mol. The zero-order valence-corrected chi connectivity index (χ0v) is 9.37. The topological polar surface area (TPSA) is 29.9 Å². The van der Waals surface area contributed by atoms with Crippen LogP contribution in [0.4, 0.5) is 0 Å². The fourth-order valence-corrected chi connectivity index (χ4v) is 1.41. The number of hydrogen-bond acceptors (Lipinski definition) is 2. The number of aromatic nitrogens is 2. The molecule has 0 unspecified atom stereocenters. The maximum absolute atomic E-state index is 5.20. The third-order valence-electron chi connectivity index (χ3n) is 2.23. The first-order chi connectivity index (χ1) is 7.36. The predicted molar refractivity (Wildman–Crippen MR) is 62.5 cm³/mol. The minimum atomic E-state index is 0.838. The van der Waals surface area contributed by atoms with Crippen molar-refractivity contribution in [1.82, 2.24) is 14.9 Å². The van der Waals surface area contributed by atoms with E-state index in [2.05, 4.69) is 33.9 Å². The highest BCUT2D eigenvalue weighted by Gasteiger charge is 1.97. The molecule has 3 heteroatoms. The highest BCUT2D eigenvalue weighted by Crippen LogP contribution is 1.99. The van der Waals surface area contributed by atoms with Gasteiger partial charge in [0.2, 0.25) is 0 Å². The van der Waals surface area contributed by atoms with E-state index in [1.54, 1.807) is 0 Å². The van der Waals surface area contributed by atoms with E-state index in [1.807, 2.05) is 6.33 Å². The van der Waals surface area contributed by atoms with Crippen LogP contribution >= 0.6 is 0 Å². The molecule has 1 heterocycles. The summed E-state index contributed by atoms with van der Waals surface area (Å²) in [6.45, 7) is 5.09. The summed E-state index contributed by atoms with van der Waals surface area (Å²) in [5.74, 6) is 2.64. The maximum atomic E-state index is 5.20. The molecule has 0 atom stereocenters. The Hall–Kier alpha value is -1.27. The lowest BCUT2D eigenvalue weighted by atomic mass is 10.3. The molecule has 0 fully saturated rings. The van der Waals surface area contributed by atoms with Crippen molar-refractivity contribution < 1.29 is 0 Å². The number of hydrogen-bond donors (Lipinski definition) is 1. The third kappa shape index (κ3) is 4.66. The molecule has 0 saturated carbocycles. The Labute approximate surface area is 91.9 Å². The van der Waals surface area contributed by atoms with Gasteiger partial charge in [0.15, 0.2) is 0 Å². The largest absolute Gasteiger partial charge is 0.337 e. The van der Waals surface area contributed by atoms with E-state index >= 15 is 0 Å². The van der Waals surface area contributed by atoms with Crippen LogP contribution in [-0.4, -0.2) is 22.6 Å². The molecule has 3 nitrogen and oxygen atoms in total. The van der Waals surface area contributed by atoms with Crippen molar-refractivity contribution in [2.45, 2.75) is 32.7 Å². The van der Waals surface area contributed by atoms with Crippen molar-refractivity contribution in [2.75, 3.05) is 13.1 Å². The van der Waals surface area contributed by atoms with E-state index in [0.717, 1.165) is 44.6 Å². The number of imidazole rings is 1. The van der Waals surface area contributed by atoms with Crippen LogP contribution < -0.4 is 5.32 Å². The lowest BCUT2D eigenvalue weighted by molar-refractivity contribution is 0.653. The maximum Gasteiger partial charge on any atom is 0.0949 e. The summed E-state index contributed by atoms with van der Waals surface area (Å²) in [6.07, 6.45) is 12.0. The summed E-state index contributed by atoms with van der Waals surface area (Å²) in [5.41, 5.74) is 1.15. The first kappa shape index (κ1) is 11.8. The summed E-state index contributed by atoms with van der Waals surface area (Å²) >= 11 is 0. The molecule has 1 rings (SSSR count). The third-order valence-corrected chi connectivity index (χ3v) is 2.23. The van der Waals surface area contributed by atoms with E-state index in [4.69, 9.17) is 6.42 Å². The van der Waals surface area contributed by atoms with Crippen molar-refractivity contribution in [3.63, 3.8) is 0 Å². The molecular formula is C12H19N3. The second-order valence-electron chi connectivity index (χ2n) is 3.51. The van der Waals surface area contributed by atoms with Gasteiger partial charge in [0.1, 0.15) is 0 Å². The molecule has 0 saturated heterocycles. The van der Waals surface area contributed by atoms with Crippen molar-refractivity contribution in [3.05, 3.63) is 18.2 Å². The monoisotopic (exact) mass is 205 g/mol. The zero-order chi connectivity index (χ0) is 10.9. The standard InChI is InChI=1S/C12H19N3/c1-3-5-6-9-15-10-12(14-11-15)7-8-13-4-2/h1,10-11,13H,4-9H2,2H3. The number of nitrogens with zero attached hydrogens (tertiary/aromatic N) is 2. The first-order valence-electron chi connectivity index (χ1n) is 5.51. The van der Waals surface area contributed by atoms with Crippen LogP contribution in [0.2, 0.25) is 0 Å². The highest BCUT2D eigenvalue weighted by atomic mass is 15.0. The summed E-state index contributed by atoms with van der Waals surface area (Å²) in [7, 11) is 0. The summed E-state index contributed by atoms with van der Waals surface area (Å²) in [6, 6.07) is 0. The van der Waals surface area contributed by atoms with Gasteiger partial charge in [0, 0.05) is 32.1 Å². The minimum absolute atomic E-state index is 0.838. The Morgan fingerprint density at radius 1 is 1.60 bits per heavy atom. The van der Waals surface area contributed by atoms with Gasteiger partial charge in [-0.25, -0.2) is 4.98 Å². The van der Waals surface area contributed by atoms with Crippen LogP contribution in [0.25, 0.3) is 0 Å². The van der Waals surface area contributed by atoms with E-state index in [9.17, 15) is 0 Å². The fourth-order valence-electron chi connectivity index (χ4n) is 1.41. The van der Waals surface area contributed by atoms with Gasteiger partial charge in [0.05, 0.1) is 12.0 Å². The van der Waals surface area contributed by atoms with Gasteiger partial charge in [-0.2, -0.15) is 0 Å². The molecule has 0 bridgehead atoms. The average Bonchev–Trinajstić information content (AvgIpc) is 2.67. The lowest BCUT2D eigenvalue weighted by Crippen LogP contribution is -2.16. The summed E-state index contributed by atoms with van der Waals surface area (Å²) in [5, 5.41) is 3.28. The van der Waals surface area contributed by atoms with Gasteiger partial charge >= 0.3 is 0 Å². The summed E-state index contributed by atoms with van der Waals surface area (Å²) < 4.78 is 2.11. The molecule has 0 radical (unpaired) electrons. The minimum Gasteiger partial charge on any atom is -0.337 e. The molecule has 1 aromatic rings. The number of nitrogens with one attached hydrogen (secondary N) is 1. The molecule has 0 spiro atoms. The number of likely N-dealkylation sites (N-methyl/N-ethyl adjacent to an activating group) is 1. The quantitative estimate of drug-likeness (QED) is 0.539. The second kappa shape index (κ2) is 7.08. The predicted octanol–water partition coefficient (Wildman–Crippen LogP) is 1.45. The molecule has 82 valence electrons. The smallest absolute Gasteiger partial charge is 0.0949 e. The highest BCUT2D eigenvalue weighted by molar-refractivity contribution is 4.97. The normalized spacial score (nSPS) is 10.1. The zero-order valence-electron chi connectivity index (χ0n) is 9.37. The van der Waals surface area contributed by atoms with E-state index in [-0.39, 0.29) is 0 Å². The van der Waals surface area contributed by atoms with Crippen LogP contribution in [0.1, 0.15) is 25.5 Å². The van der Waals surface area contributed by atoms with Gasteiger partial charge in [-0.05, 0) is 13.0 Å². The molecule has 0 aliphatic rings. The van der Waals surface area contributed by atoms with Crippen LogP contribution in [-0.2, 0) is 13.0 Å². The second-order valence-corrected chi connectivity index (χ2v) is 3.51. The fraction of sp³-hybridized carbons (Fsp3) is 0.583. The van der Waals surface area contributed by atoms with Crippen LogP contribution in [0.15, 0.2) is 12.5 Å². The molecule has 0 aliphatic carbocycles. The molecule has 0 aliphatic heterocycles. The van der Waals surface area contributed by atoms with Crippen LogP contribution in [0, 0.1) is 12.3 Å². The van der Waals surface area contributed by atoms with Gasteiger partial charge in [-0.15, -0.1) is 12.3 Å². The van der Waals surface area contributed by atoms with Gasteiger partial charge in [-0.1, -0.05) is 6.92 Å². The van der Waals surface area contributed by atoms with E-state index in [1.165, 1.54) is 0 Å². The van der Waals surface area contributed by atoms with Gasteiger partial charge < -0.3 is 9.88 Å². The lowest BCUT2D eigenvalue weighted by Gasteiger charge is -1.99. The molecule has 1 N–H and O–H groups in total. The molecule has 15 heavy (non-hydrogen) atoms. The number of aryl methyl sites for hydroxylation is 1. The Balaban J connectivity index is 2.26. The van der Waals surface area contributed by atoms with Crippen LogP contribution in [0.5, 0.6) is 0 Å². The molecule has 0 amide bonds. The number of unbranched alkanes of at least 4 members (excludes halogenated alkanes) is 1. The average molecular weight is 205 g/mol. The van der Waals surface area contributed by atoms with Gasteiger partial charge in [-0.3, -0.25) is 0 Å². The summed E-state index contributed by atoms with van der Waals surface area (Å²) in [4.78, 5) is 4.34. The molecule has 0 aromatic carbocycles. The Morgan fingerprint density at radius 2 is 2.47 bits per heavy atom. The first-order valence-corrected chi connectivity index (χ1v) is 5.51. The van der Waals surface area contributed by atoms with Crippen molar-refractivity contribution >= 4 is 0 Å². The SMILES string of the molecule is C#CCCCn1cnc(CCNCC)c1. The van der Waals surface area contributed by atoms with E-state index in [0.29, 0.717) is 0 Å². The Bertz CT molecular complexity index is 309. The van der Waals surface area contributed by atoms with E-state index < -0.39 is 0 Å². The number of rotatable bonds is 7. The van der Waals surface area contributed by atoms with Crippen molar-refractivity contribution in [1.29, 1.82) is 0 Å². The number of terminal acetylenes is 1. The molecule has 1 aromatic heterocycles. The van der Waals surface area contributed by atoms with Crippen molar-refractivity contribution in [2.24, 2.45) is 0 Å². The van der Waals surface area contributed by atoms with Gasteiger partial charge in [0.25, 0.3) is 0 Å². The Kier molecular flexibility index (Phi) is 5.57. The Morgan fingerprint density at radius 3 is 3.20 bits per heavy atom.